The minimum atomic E-state index is -0.833. The number of carbonyl (C=O) groups excluding carboxylic acids is 8. The van der Waals surface area contributed by atoms with E-state index in [1.54, 1.807) is 13.8 Å². The first-order valence-electron chi connectivity index (χ1n) is 15.1. The van der Waals surface area contributed by atoms with Crippen LogP contribution in [0.4, 0.5) is 0 Å². The van der Waals surface area contributed by atoms with Crippen molar-refractivity contribution >= 4 is 99.3 Å². The van der Waals surface area contributed by atoms with Crippen molar-refractivity contribution in [1.82, 2.24) is 0 Å². The summed E-state index contributed by atoms with van der Waals surface area (Å²) < 4.78 is 0. The quantitative estimate of drug-likeness (QED) is 0.105. The van der Waals surface area contributed by atoms with Crippen LogP contribution in [0.25, 0.3) is 0 Å². The second-order valence-electron chi connectivity index (χ2n) is 4.71. The molecule has 0 aliphatic rings. The van der Waals surface area contributed by atoms with E-state index < -0.39 is 35.8 Å². The first-order valence-corrected chi connectivity index (χ1v) is 15.1. The molecule has 732 valence electrons. The lowest BCUT2D eigenvalue weighted by molar-refractivity contribution is -0.193. The molecule has 0 rings (SSSR count). The maximum atomic E-state index is 9.00. The van der Waals surface area contributed by atoms with E-state index in [2.05, 4.69) is 0 Å². The standard InChI is InChI=1S/6C2H4O2.2C2H6O.2C2H6.6CH2O2.4CO2.2CH4O.23CH4.12H2O.20H2/c6*1-2(3)4;2*1-2-3;2*1-2;10*2-1-3;2*1-2;;;;;;;;;;;;;;;;;;;;;;;;;;;;;;;;;;;;;;;;;;;;;;;;;;;;;;;/h6*1H3,(H,3,4);2*3H,2H2,1H3;2*1-2H3;6*1H,(H,2,3);;;;;2*2H,1H3;23*1H4;12*1H2;20*1H. The Balaban J connectivity index is -0.00000000236. The Kier molecular flexibility index (Phi) is 10700. The number of carbonyl (C=O) groups is 12. The normalized spacial score (nSPS) is 3.05. The Bertz CT molecular complexity index is 903. The SMILES string of the molecule is C.C.C.C.C.C.C.C.C.C.C.C.C.C.C.C.C.C.C.C.C.C.C.CC.CC.CC(=O)O.CC(=O)O.CC(=O)O.CC(=O)O.CC(=O)O.CC(=O)O.CCO.CCO.CO.CO.O.O.O.O.O.O.O.O.O.O.O.O.O=C=O.O=C=O.O=C=O.O=C=O.O=CO.O=CO.O=CO.O=CO.O=CO.O=CO.[HH].[HH].[HH].[HH].[HH].[HH].[HH].[HH].[HH].[HH].[HH].[HH].[HH].[HH].[HH].[HH].[HH].[HH].[HH].[HH]. The highest BCUT2D eigenvalue weighted by molar-refractivity contribution is 5.64. The van der Waals surface area contributed by atoms with Crippen molar-refractivity contribution in [2.75, 3.05) is 27.4 Å². The van der Waals surface area contributed by atoms with Gasteiger partial charge in [0.05, 0.1) is 0 Å². The lowest BCUT2D eigenvalue weighted by Gasteiger charge is -1.59. The van der Waals surface area contributed by atoms with Crippen LogP contribution < -0.4 is 0 Å². The van der Waals surface area contributed by atoms with Crippen LogP contribution in [-0.4, -0.2) is 274 Å². The van der Waals surface area contributed by atoms with Gasteiger partial charge < -0.3 is 147 Å². The summed E-state index contributed by atoms with van der Waals surface area (Å²) >= 11 is 0. The summed E-state index contributed by atoms with van der Waals surface area (Å²) in [6.45, 7) is 16.9. The van der Waals surface area contributed by atoms with E-state index in [-0.39, 0.29) is 342 Å². The Hall–Kier alpha value is -9.48. The first kappa shape index (κ1) is 600. The van der Waals surface area contributed by atoms with Gasteiger partial charge in [0, 0.05) is 97.5 Å². The lowest BCUT2D eigenvalue weighted by Crippen LogP contribution is -1.78. The number of carboxylic acids is 6. The fourth-order valence-electron chi connectivity index (χ4n) is 0. The Labute approximate surface area is 652 Å². The van der Waals surface area contributed by atoms with Gasteiger partial charge in [-0.25, -0.2) is 0 Å². The number of aliphatic hydroxyl groups is 4. The van der Waals surface area contributed by atoms with Gasteiger partial charge in [-0.3, -0.25) is 57.5 Å². The third-order valence-corrected chi connectivity index (χ3v) is 0. The Morgan fingerprint density at radius 2 is 0.233 bits per heavy atom. The van der Waals surface area contributed by atoms with E-state index >= 15 is 0 Å². The van der Waals surface area contributed by atoms with Crippen molar-refractivity contribution in [3.63, 3.8) is 0 Å². The number of aliphatic hydroxyl groups excluding tert-OH is 4. The second kappa shape index (κ2) is 1840. The minimum Gasteiger partial charge on any atom is -0.483 e. The number of aliphatic carboxylic acids is 6. The summed E-state index contributed by atoms with van der Waals surface area (Å²) in [5.41, 5.74) is 0. The summed E-state index contributed by atoms with van der Waals surface area (Å²) in [5, 5.41) is 115. The predicted molar refractivity (Wildman–Crippen MR) is 457 cm³/mol. The molecule has 0 amide bonds. The smallest absolute Gasteiger partial charge is 0.373 e. The summed E-state index contributed by atoms with van der Waals surface area (Å²) in [4.78, 5) is 169. The van der Waals surface area contributed by atoms with Gasteiger partial charge in [-0.15, -0.1) is 0 Å². The van der Waals surface area contributed by atoms with Crippen molar-refractivity contribution in [2.24, 2.45) is 0 Å². The zero-order valence-electron chi connectivity index (χ0n) is 45.2. The van der Waals surface area contributed by atoms with Gasteiger partial charge in [-0.05, 0) is 13.8 Å². The molecule has 0 radical (unpaired) electrons. The summed E-state index contributed by atoms with van der Waals surface area (Å²) in [6, 6.07) is 0. The maximum absolute atomic E-state index is 9.00. The highest BCUT2D eigenvalue weighted by Crippen LogP contribution is 1.44. The molecule has 0 atom stereocenters. The molecule has 0 aromatic heterocycles. The second-order valence-corrected chi connectivity index (χ2v) is 4.71. The zero-order chi connectivity index (χ0) is 61.9. The van der Waals surface area contributed by atoms with Crippen molar-refractivity contribution in [3.8, 4) is 0 Å². The lowest BCUT2D eigenvalue weighted by atomic mass is 10.9. The van der Waals surface area contributed by atoms with Crippen LogP contribution in [0.15, 0.2) is 0 Å². The molecular weight excluding hydrogens is 1430 g/mol. The van der Waals surface area contributed by atoms with Crippen LogP contribution >= 0.6 is 0 Å². The molecule has 103 heavy (non-hydrogen) atoms. The zero-order valence-corrected chi connectivity index (χ0v) is 45.2. The largest absolute Gasteiger partial charge is 0.483 e. The van der Waals surface area contributed by atoms with Crippen LogP contribution in [-0.2, 0) is 95.9 Å². The molecule has 0 fully saturated rings. The minimum absolute atomic E-state index is 0. The van der Waals surface area contributed by atoms with Gasteiger partial charge in [0.1, 0.15) is 0 Å². The molecule has 48 heteroatoms. The van der Waals surface area contributed by atoms with Gasteiger partial charge in [0.15, 0.2) is 0 Å². The van der Waals surface area contributed by atoms with E-state index in [9.17, 15) is 0 Å². The summed E-state index contributed by atoms with van der Waals surface area (Å²) in [7, 11) is 2.00. The molecule has 0 unspecified atom stereocenters. The average molecular weight is 1650 g/mol. The number of hydrogen-bond acceptors (Lipinski definition) is 24. The van der Waals surface area contributed by atoms with Gasteiger partial charge in [-0.1, -0.05) is 199 Å². The highest BCUT2D eigenvalue weighted by atomic mass is 16.4. The van der Waals surface area contributed by atoms with Gasteiger partial charge in [0.25, 0.3) is 74.6 Å². The van der Waals surface area contributed by atoms with Crippen LogP contribution in [0.1, 0.15) is 282 Å². The average Bonchev–Trinajstić information content (AvgIpc) is 3.17. The van der Waals surface area contributed by atoms with E-state index in [1.807, 2.05) is 27.7 Å². The Morgan fingerprint density at radius 1 is 0.233 bits per heavy atom. The fraction of sp³-hybridized carbons (Fsp3) is 0.709. The molecule has 0 aliphatic carbocycles. The molecule has 0 aromatic carbocycles. The van der Waals surface area contributed by atoms with Crippen molar-refractivity contribution in [1.29, 1.82) is 0 Å². The molecular formula is C55H224O48. The van der Waals surface area contributed by atoms with Crippen LogP contribution in [0.2, 0.25) is 0 Å². The van der Waals surface area contributed by atoms with E-state index in [0.29, 0.717) is 0 Å². The van der Waals surface area contributed by atoms with E-state index in [0.717, 1.165) is 55.8 Å². The third-order valence-electron chi connectivity index (χ3n) is 0. The molecule has 0 aromatic rings. The summed E-state index contributed by atoms with van der Waals surface area (Å²) in [6.07, 6.45) is 1.00. The van der Waals surface area contributed by atoms with Crippen molar-refractivity contribution < 1.29 is 272 Å². The van der Waals surface area contributed by atoms with Gasteiger partial charge >= 0.3 is 24.6 Å². The monoisotopic (exact) mass is 1650 g/mol. The number of rotatable bonds is 0. The molecule has 0 bridgehead atoms. The predicted octanol–water partition coefficient (Wildman–Crippen LogP) is 7.34. The molecule has 0 heterocycles. The van der Waals surface area contributed by atoms with E-state index in [1.165, 1.54) is 0 Å². The van der Waals surface area contributed by atoms with Gasteiger partial charge in [0.2, 0.25) is 0 Å². The Morgan fingerprint density at radius 3 is 0.233 bits per heavy atom. The van der Waals surface area contributed by atoms with Crippen molar-refractivity contribution in [2.45, 2.75) is 254 Å². The third kappa shape index (κ3) is 8440. The van der Waals surface area contributed by atoms with Crippen LogP contribution in [0, 0.1) is 0 Å². The first-order chi connectivity index (χ1) is 31.4. The van der Waals surface area contributed by atoms with Crippen LogP contribution in [0.5, 0.6) is 0 Å². The highest BCUT2D eigenvalue weighted by Gasteiger charge is 1.67. The van der Waals surface area contributed by atoms with Gasteiger partial charge in [-0.2, -0.15) is 38.4 Å². The van der Waals surface area contributed by atoms with Crippen molar-refractivity contribution in [3.05, 3.63) is 0 Å². The maximum Gasteiger partial charge on any atom is 0.373 e. The molecule has 0 saturated carbocycles. The molecule has 48 nitrogen and oxygen atoms in total. The van der Waals surface area contributed by atoms with Crippen LogP contribution in [0.3, 0.4) is 0 Å². The van der Waals surface area contributed by atoms with E-state index in [4.69, 9.17) is 178 Å². The number of carboxylic acid groups (broad SMARTS) is 12. The fourth-order valence-corrected chi connectivity index (χ4v) is 0. The number of hydrogen-bond donors (Lipinski definition) is 16. The molecule has 0 saturated heterocycles. The molecule has 0 spiro atoms. The molecule has 0 aliphatic heterocycles. The molecule has 40 N–H and O–H groups in total. The summed E-state index contributed by atoms with van der Waals surface area (Å²) in [5.74, 6) is -5.00. The topological polar surface area (TPSA) is 1040 Å².